The molecule has 0 radical (unpaired) electrons. The lowest BCUT2D eigenvalue weighted by atomic mass is 10.0. The lowest BCUT2D eigenvalue weighted by Gasteiger charge is -2.14. The third-order valence-electron chi connectivity index (χ3n) is 2.23. The molecular formula is C10H12N2. The molecule has 0 bridgehead atoms. The van der Waals surface area contributed by atoms with Crippen LogP contribution in [-0.4, -0.2) is 5.84 Å². The van der Waals surface area contributed by atoms with Crippen LogP contribution in [0.25, 0.3) is 0 Å². The molecule has 2 rings (SSSR count). The van der Waals surface area contributed by atoms with Gasteiger partial charge in [-0.05, 0) is 24.5 Å². The fourth-order valence-corrected chi connectivity index (χ4v) is 1.54. The van der Waals surface area contributed by atoms with E-state index >= 15 is 0 Å². The number of benzene rings is 1. The summed E-state index contributed by atoms with van der Waals surface area (Å²) in [4.78, 5) is 4.34. The van der Waals surface area contributed by atoms with Crippen LogP contribution < -0.4 is 5.73 Å². The van der Waals surface area contributed by atoms with Crippen molar-refractivity contribution in [1.82, 2.24) is 0 Å². The van der Waals surface area contributed by atoms with Crippen molar-refractivity contribution in [3.63, 3.8) is 0 Å². The van der Waals surface area contributed by atoms with E-state index in [-0.39, 0.29) is 0 Å². The number of rotatable bonds is 0. The van der Waals surface area contributed by atoms with Crippen molar-refractivity contribution in [2.75, 3.05) is 0 Å². The van der Waals surface area contributed by atoms with Gasteiger partial charge in [0.05, 0.1) is 11.5 Å². The van der Waals surface area contributed by atoms with E-state index in [2.05, 4.69) is 30.1 Å². The Labute approximate surface area is 72.1 Å². The van der Waals surface area contributed by atoms with E-state index in [9.17, 15) is 0 Å². The molecule has 1 aliphatic rings. The Morgan fingerprint density at radius 3 is 3.00 bits per heavy atom. The molecule has 0 spiro atoms. The second kappa shape index (κ2) is 2.63. The summed E-state index contributed by atoms with van der Waals surface area (Å²) >= 11 is 0. The highest BCUT2D eigenvalue weighted by molar-refractivity contribution is 5.86. The van der Waals surface area contributed by atoms with Crippen molar-refractivity contribution >= 4 is 11.5 Å². The molecule has 1 aromatic carbocycles. The first-order chi connectivity index (χ1) is 5.77. The summed E-state index contributed by atoms with van der Waals surface area (Å²) < 4.78 is 0. The van der Waals surface area contributed by atoms with E-state index in [1.807, 2.05) is 0 Å². The molecule has 0 aromatic heterocycles. The van der Waals surface area contributed by atoms with Crippen molar-refractivity contribution in [2.45, 2.75) is 19.8 Å². The molecule has 0 saturated carbocycles. The monoisotopic (exact) mass is 160 g/mol. The van der Waals surface area contributed by atoms with Gasteiger partial charge in [-0.15, -0.1) is 0 Å². The lowest BCUT2D eigenvalue weighted by Crippen LogP contribution is -2.15. The molecule has 0 fully saturated rings. The number of nitrogens with zero attached hydrogens (tertiary/aromatic N) is 1. The van der Waals surface area contributed by atoms with Gasteiger partial charge in [-0.3, -0.25) is 0 Å². The second-order valence-electron chi connectivity index (χ2n) is 3.19. The van der Waals surface area contributed by atoms with Gasteiger partial charge < -0.3 is 5.73 Å². The molecule has 2 heteroatoms. The fraction of sp³-hybridized carbons (Fsp3) is 0.300. The van der Waals surface area contributed by atoms with Crippen molar-refractivity contribution in [3.05, 3.63) is 29.3 Å². The Balaban J connectivity index is 2.59. The number of hydrogen-bond acceptors (Lipinski definition) is 2. The van der Waals surface area contributed by atoms with Gasteiger partial charge in [-0.2, -0.15) is 0 Å². The largest absolute Gasteiger partial charge is 0.387 e. The molecule has 0 unspecified atom stereocenters. The number of para-hydroxylation sites is 1. The molecule has 62 valence electrons. The van der Waals surface area contributed by atoms with Crippen LogP contribution in [0.3, 0.4) is 0 Å². The summed E-state index contributed by atoms with van der Waals surface area (Å²) in [6, 6.07) is 6.27. The first kappa shape index (κ1) is 7.35. The van der Waals surface area contributed by atoms with Gasteiger partial charge in [-0.25, -0.2) is 4.99 Å². The first-order valence-electron chi connectivity index (χ1n) is 4.19. The van der Waals surface area contributed by atoms with E-state index in [0.29, 0.717) is 0 Å². The van der Waals surface area contributed by atoms with Crippen LogP contribution in [-0.2, 0) is 6.42 Å². The molecule has 2 N–H and O–H groups in total. The Kier molecular flexibility index (Phi) is 1.61. The normalized spacial score (nSPS) is 15.2. The maximum absolute atomic E-state index is 5.67. The summed E-state index contributed by atoms with van der Waals surface area (Å²) in [7, 11) is 0. The zero-order valence-electron chi connectivity index (χ0n) is 7.17. The number of aryl methyl sites for hydroxylation is 2. The van der Waals surface area contributed by atoms with Crippen LogP contribution in [0.5, 0.6) is 0 Å². The Hall–Kier alpha value is -1.31. The molecule has 0 atom stereocenters. The lowest BCUT2D eigenvalue weighted by molar-refractivity contribution is 0.990. The molecule has 1 aliphatic heterocycles. The van der Waals surface area contributed by atoms with Gasteiger partial charge in [-0.1, -0.05) is 18.2 Å². The highest BCUT2D eigenvalue weighted by Crippen LogP contribution is 2.28. The average Bonchev–Trinajstić information content (AvgIpc) is 2.07. The van der Waals surface area contributed by atoms with Crippen LogP contribution in [0.1, 0.15) is 17.5 Å². The van der Waals surface area contributed by atoms with Gasteiger partial charge in [0.2, 0.25) is 0 Å². The predicted octanol–water partition coefficient (Wildman–Crippen LogP) is 1.93. The summed E-state index contributed by atoms with van der Waals surface area (Å²) in [5, 5.41) is 0. The van der Waals surface area contributed by atoms with Crippen molar-refractivity contribution in [3.8, 4) is 0 Å². The topological polar surface area (TPSA) is 38.4 Å². The van der Waals surface area contributed by atoms with Crippen LogP contribution >= 0.6 is 0 Å². The minimum atomic E-state index is 0.761. The third kappa shape index (κ3) is 1.09. The molecule has 2 nitrogen and oxygen atoms in total. The van der Waals surface area contributed by atoms with Gasteiger partial charge in [0.15, 0.2) is 0 Å². The summed E-state index contributed by atoms with van der Waals surface area (Å²) in [5.74, 6) is 0.761. The zero-order valence-corrected chi connectivity index (χ0v) is 7.17. The molecule has 1 heterocycles. The van der Waals surface area contributed by atoms with Crippen molar-refractivity contribution in [1.29, 1.82) is 0 Å². The minimum Gasteiger partial charge on any atom is -0.387 e. The van der Waals surface area contributed by atoms with E-state index in [1.54, 1.807) is 0 Å². The van der Waals surface area contributed by atoms with E-state index < -0.39 is 0 Å². The predicted molar refractivity (Wildman–Crippen MR) is 50.8 cm³/mol. The van der Waals surface area contributed by atoms with Crippen molar-refractivity contribution < 1.29 is 0 Å². The van der Waals surface area contributed by atoms with Crippen LogP contribution in [0, 0.1) is 6.92 Å². The maximum atomic E-state index is 5.67. The number of hydrogen-bond donors (Lipinski definition) is 1. The molecule has 12 heavy (non-hydrogen) atoms. The highest BCUT2D eigenvalue weighted by Gasteiger charge is 2.10. The van der Waals surface area contributed by atoms with Gasteiger partial charge in [0.1, 0.15) is 0 Å². The van der Waals surface area contributed by atoms with E-state index in [0.717, 1.165) is 24.4 Å². The number of aliphatic imine (C=N–C) groups is 1. The molecule has 1 aromatic rings. The van der Waals surface area contributed by atoms with Gasteiger partial charge in [0.25, 0.3) is 0 Å². The van der Waals surface area contributed by atoms with Crippen LogP contribution in [0.4, 0.5) is 5.69 Å². The summed E-state index contributed by atoms with van der Waals surface area (Å²) in [6.07, 6.45) is 1.93. The van der Waals surface area contributed by atoms with Gasteiger partial charge >= 0.3 is 0 Å². The molecule has 0 saturated heterocycles. The SMILES string of the molecule is Cc1cccc2c1N=C(N)CC2. The summed E-state index contributed by atoms with van der Waals surface area (Å²) in [5.41, 5.74) is 9.29. The molecule has 0 aliphatic carbocycles. The standard InChI is InChI=1S/C10H12N2/c1-7-3-2-4-8-5-6-9(11)12-10(7)8/h2-4H,5-6H2,1H3,(H2,11,12). The minimum absolute atomic E-state index is 0.761. The molecule has 0 amide bonds. The average molecular weight is 160 g/mol. The number of fused-ring (bicyclic) bond motifs is 1. The maximum Gasteiger partial charge on any atom is 0.0999 e. The third-order valence-corrected chi connectivity index (χ3v) is 2.23. The quantitative estimate of drug-likeness (QED) is 0.618. The van der Waals surface area contributed by atoms with Crippen LogP contribution in [0.15, 0.2) is 23.2 Å². The Morgan fingerprint density at radius 1 is 1.33 bits per heavy atom. The van der Waals surface area contributed by atoms with Crippen molar-refractivity contribution in [2.24, 2.45) is 10.7 Å². The number of nitrogens with two attached hydrogens (primary N) is 1. The second-order valence-corrected chi connectivity index (χ2v) is 3.19. The highest BCUT2D eigenvalue weighted by atomic mass is 14.9. The van der Waals surface area contributed by atoms with E-state index in [4.69, 9.17) is 5.73 Å². The smallest absolute Gasteiger partial charge is 0.0999 e. The summed E-state index contributed by atoms with van der Waals surface area (Å²) in [6.45, 7) is 2.07. The Bertz CT molecular complexity index is 340. The van der Waals surface area contributed by atoms with Crippen LogP contribution in [0.2, 0.25) is 0 Å². The number of amidine groups is 1. The zero-order chi connectivity index (χ0) is 8.55. The fourth-order valence-electron chi connectivity index (χ4n) is 1.54. The van der Waals surface area contributed by atoms with E-state index in [1.165, 1.54) is 11.1 Å². The van der Waals surface area contributed by atoms with Gasteiger partial charge in [0, 0.05) is 6.42 Å². The molecular weight excluding hydrogens is 148 g/mol. The first-order valence-corrected chi connectivity index (χ1v) is 4.19. The Morgan fingerprint density at radius 2 is 2.17 bits per heavy atom.